The highest BCUT2D eigenvalue weighted by Gasteiger charge is 2.16. The Morgan fingerprint density at radius 3 is 2.25 bits per heavy atom. The van der Waals surface area contributed by atoms with Crippen molar-refractivity contribution in [3.05, 3.63) is 0 Å². The van der Waals surface area contributed by atoms with E-state index in [1.165, 1.54) is 0 Å². The highest BCUT2D eigenvalue weighted by Crippen LogP contribution is 2.35. The second kappa shape index (κ2) is 3.53. The first-order chi connectivity index (χ1) is 5.24. The molecule has 70 valence electrons. The van der Waals surface area contributed by atoms with Gasteiger partial charge in [0.05, 0.1) is 0 Å². The van der Waals surface area contributed by atoms with Crippen molar-refractivity contribution in [3.8, 4) is 0 Å². The Kier molecular flexibility index (Phi) is 3.20. The molecule has 0 fully saturated rings. The van der Waals surface area contributed by atoms with Crippen LogP contribution in [0.5, 0.6) is 0 Å². The Morgan fingerprint density at radius 2 is 2.00 bits per heavy atom. The van der Waals surface area contributed by atoms with Gasteiger partial charge in [-0.25, -0.2) is 9.36 Å². The second-order valence-electron chi connectivity index (χ2n) is 1.81. The molecule has 0 unspecified atom stereocenters. The quantitative estimate of drug-likeness (QED) is 0.242. The van der Waals surface area contributed by atoms with Gasteiger partial charge < -0.3 is 20.6 Å². The van der Waals surface area contributed by atoms with Crippen LogP contribution in [-0.4, -0.2) is 38.9 Å². The number of rotatable bonds is 1. The van der Waals surface area contributed by atoms with E-state index in [1.54, 1.807) is 0 Å². The first-order valence-corrected chi connectivity index (χ1v) is 4.18. The van der Waals surface area contributed by atoms with Gasteiger partial charge in [0.2, 0.25) is 5.96 Å². The molecule has 0 aromatic carbocycles. The van der Waals surface area contributed by atoms with Gasteiger partial charge in [0.25, 0.3) is 0 Å². The summed E-state index contributed by atoms with van der Waals surface area (Å²) in [6, 6.07) is 0. The number of carboxylic acid groups (broad SMARTS) is 1. The van der Waals surface area contributed by atoms with E-state index >= 15 is 0 Å². The van der Waals surface area contributed by atoms with Gasteiger partial charge >= 0.3 is 13.8 Å². The zero-order chi connectivity index (χ0) is 9.94. The molecule has 1 amide bonds. The van der Waals surface area contributed by atoms with Crippen LogP contribution >= 0.6 is 7.75 Å². The Morgan fingerprint density at radius 1 is 1.58 bits per heavy atom. The molecule has 0 saturated heterocycles. The zero-order valence-corrected chi connectivity index (χ0v) is 6.97. The van der Waals surface area contributed by atoms with E-state index in [0.29, 0.717) is 4.90 Å². The van der Waals surface area contributed by atoms with E-state index in [4.69, 9.17) is 20.6 Å². The number of hydrogen-bond acceptors (Lipinski definition) is 2. The lowest BCUT2D eigenvalue weighted by Gasteiger charge is -2.10. The topological polar surface area (TPSA) is 136 Å². The summed E-state index contributed by atoms with van der Waals surface area (Å²) in [5.74, 6) is -0.754. The van der Waals surface area contributed by atoms with Crippen molar-refractivity contribution in [3.63, 3.8) is 0 Å². The first kappa shape index (κ1) is 10.9. The van der Waals surface area contributed by atoms with Crippen LogP contribution in [0.15, 0.2) is 4.76 Å². The van der Waals surface area contributed by atoms with Gasteiger partial charge in [-0.15, -0.1) is 4.76 Å². The second-order valence-corrected chi connectivity index (χ2v) is 3.04. The maximum atomic E-state index is 10.2. The summed E-state index contributed by atoms with van der Waals surface area (Å²) in [4.78, 5) is 27.0. The number of nitrogens with zero attached hydrogens (tertiary/aromatic N) is 2. The number of hydrogen-bond donors (Lipinski definition) is 4. The van der Waals surface area contributed by atoms with Gasteiger partial charge in [0, 0.05) is 7.05 Å². The molecule has 0 aromatic heterocycles. The van der Waals surface area contributed by atoms with Crippen molar-refractivity contribution < 1.29 is 24.3 Å². The number of amides is 1. The summed E-state index contributed by atoms with van der Waals surface area (Å²) >= 11 is 0. The SMILES string of the molecule is CN(C(=O)O)C(N)=NP(=O)(O)O. The average Bonchev–Trinajstić information content (AvgIpc) is 1.82. The number of guanidine groups is 1. The highest BCUT2D eigenvalue weighted by atomic mass is 31.2. The molecule has 9 heteroatoms. The standard InChI is InChI=1S/C3H8N3O5P/c1-6(3(7)8)2(4)5-12(9,10)11/h1H3,(H,7,8)(H4,4,5,9,10,11). The van der Waals surface area contributed by atoms with Crippen LogP contribution in [-0.2, 0) is 4.57 Å². The van der Waals surface area contributed by atoms with Crippen molar-refractivity contribution >= 4 is 19.8 Å². The lowest BCUT2D eigenvalue weighted by molar-refractivity contribution is 0.175. The minimum Gasteiger partial charge on any atom is -0.465 e. The van der Waals surface area contributed by atoms with Gasteiger partial charge in [-0.3, -0.25) is 4.90 Å². The van der Waals surface area contributed by atoms with E-state index in [0.717, 1.165) is 7.05 Å². The van der Waals surface area contributed by atoms with Crippen LogP contribution < -0.4 is 5.73 Å². The lowest BCUT2D eigenvalue weighted by Crippen LogP contribution is -2.37. The van der Waals surface area contributed by atoms with Crippen molar-refractivity contribution in [1.82, 2.24) is 4.90 Å². The van der Waals surface area contributed by atoms with E-state index in [2.05, 4.69) is 4.76 Å². The predicted octanol–water partition coefficient (Wildman–Crippen LogP) is -0.996. The van der Waals surface area contributed by atoms with Crippen molar-refractivity contribution in [2.75, 3.05) is 7.05 Å². The molecule has 0 aromatic rings. The number of nitrogens with two attached hydrogens (primary N) is 1. The molecular formula is C3H8N3O5P. The Hall–Kier alpha value is -1.11. The summed E-state index contributed by atoms with van der Waals surface area (Å²) in [7, 11) is -3.65. The summed E-state index contributed by atoms with van der Waals surface area (Å²) in [6.07, 6.45) is -1.45. The van der Waals surface area contributed by atoms with Crippen molar-refractivity contribution in [2.24, 2.45) is 10.5 Å². The fourth-order valence-electron chi connectivity index (χ4n) is 0.299. The molecule has 0 aliphatic rings. The third-order valence-corrected chi connectivity index (χ3v) is 1.33. The molecule has 0 rings (SSSR count). The molecular weight excluding hydrogens is 189 g/mol. The van der Waals surface area contributed by atoms with Gasteiger partial charge in [-0.05, 0) is 0 Å². The molecule has 0 aliphatic heterocycles. The molecule has 5 N–H and O–H groups in total. The smallest absolute Gasteiger partial charge is 0.451 e. The highest BCUT2D eigenvalue weighted by molar-refractivity contribution is 7.50. The first-order valence-electron chi connectivity index (χ1n) is 2.62. The third kappa shape index (κ3) is 3.91. The Balaban J connectivity index is 4.60. The van der Waals surface area contributed by atoms with E-state index < -0.39 is 19.8 Å². The molecule has 0 radical (unpaired) electrons. The normalized spacial score (nSPS) is 12.8. The maximum absolute atomic E-state index is 10.2. The Bertz CT molecular complexity index is 257. The molecule has 0 aliphatic carbocycles. The fraction of sp³-hybridized carbons (Fsp3) is 0.333. The van der Waals surface area contributed by atoms with Crippen molar-refractivity contribution in [2.45, 2.75) is 0 Å². The molecule has 8 nitrogen and oxygen atoms in total. The van der Waals surface area contributed by atoms with Gasteiger partial charge in [0.15, 0.2) is 0 Å². The monoisotopic (exact) mass is 197 g/mol. The lowest BCUT2D eigenvalue weighted by atomic mass is 10.8. The maximum Gasteiger partial charge on any atom is 0.451 e. The number of carbonyl (C=O) groups is 1. The molecule has 0 spiro atoms. The molecule has 0 atom stereocenters. The van der Waals surface area contributed by atoms with Crippen LogP contribution in [0.4, 0.5) is 4.79 Å². The molecule has 0 bridgehead atoms. The summed E-state index contributed by atoms with van der Waals surface area (Å²) in [5.41, 5.74) is 4.91. The van der Waals surface area contributed by atoms with Crippen LogP contribution in [0, 0.1) is 0 Å². The van der Waals surface area contributed by atoms with Crippen molar-refractivity contribution in [1.29, 1.82) is 0 Å². The average molecular weight is 197 g/mol. The van der Waals surface area contributed by atoms with Crippen LogP contribution in [0.25, 0.3) is 0 Å². The largest absolute Gasteiger partial charge is 0.465 e. The van der Waals surface area contributed by atoms with Crippen LogP contribution in [0.1, 0.15) is 0 Å². The van der Waals surface area contributed by atoms with E-state index in [9.17, 15) is 9.36 Å². The zero-order valence-electron chi connectivity index (χ0n) is 6.08. The summed E-state index contributed by atoms with van der Waals surface area (Å²) < 4.78 is 12.8. The fourth-order valence-corrected chi connectivity index (χ4v) is 0.700. The minimum atomic E-state index is -4.66. The summed E-state index contributed by atoms with van der Waals surface area (Å²) in [6.45, 7) is 0. The van der Waals surface area contributed by atoms with Gasteiger partial charge in [-0.1, -0.05) is 0 Å². The molecule has 0 saturated carbocycles. The van der Waals surface area contributed by atoms with Crippen LogP contribution in [0.3, 0.4) is 0 Å². The summed E-state index contributed by atoms with van der Waals surface area (Å²) in [5, 5.41) is 8.26. The van der Waals surface area contributed by atoms with Crippen LogP contribution in [0.2, 0.25) is 0 Å². The molecule has 0 heterocycles. The predicted molar refractivity (Wildman–Crippen MR) is 39.5 cm³/mol. The van der Waals surface area contributed by atoms with Gasteiger partial charge in [-0.2, -0.15) is 0 Å². The third-order valence-electron chi connectivity index (χ3n) is 0.863. The van der Waals surface area contributed by atoms with E-state index in [-0.39, 0.29) is 0 Å². The minimum absolute atomic E-state index is 0.388. The van der Waals surface area contributed by atoms with Gasteiger partial charge in [0.1, 0.15) is 0 Å². The van der Waals surface area contributed by atoms with E-state index in [1.807, 2.05) is 0 Å². The Labute approximate surface area is 67.5 Å². The molecule has 12 heavy (non-hydrogen) atoms.